The lowest BCUT2D eigenvalue weighted by atomic mass is 9.99. The lowest BCUT2D eigenvalue weighted by Gasteiger charge is -2.23. The van der Waals surface area contributed by atoms with Crippen molar-refractivity contribution in [2.45, 2.75) is 25.5 Å². The number of hydrogen-bond donors (Lipinski definition) is 1. The third kappa shape index (κ3) is 4.40. The number of nitrogens with one attached hydrogen (secondary N) is 1. The van der Waals surface area contributed by atoms with Crippen LogP contribution in [0.25, 0.3) is 22.2 Å². The van der Waals surface area contributed by atoms with Crippen LogP contribution in [0.1, 0.15) is 23.1 Å². The van der Waals surface area contributed by atoms with Crippen molar-refractivity contribution in [3.63, 3.8) is 0 Å². The number of benzene rings is 2. The first kappa shape index (κ1) is 21.4. The number of ether oxygens (including phenoxy) is 1. The Labute approximate surface area is 194 Å². The number of oxazole rings is 1. The number of thioether (sulfide) groups is 1. The number of aryl methyl sites for hydroxylation is 1. The molecule has 1 amide bonds. The largest absolute Gasteiger partial charge is 0.441 e. The van der Waals surface area contributed by atoms with Gasteiger partial charge in [0.25, 0.3) is 5.24 Å². The maximum absolute atomic E-state index is 12.5. The zero-order valence-corrected chi connectivity index (χ0v) is 18.7. The predicted molar refractivity (Wildman–Crippen MR) is 126 cm³/mol. The number of hydrogen-bond acceptors (Lipinski definition) is 7. The van der Waals surface area contributed by atoms with E-state index in [-0.39, 0.29) is 10.4 Å². The van der Waals surface area contributed by atoms with Crippen LogP contribution in [0.4, 0.5) is 4.79 Å². The normalized spacial score (nSPS) is 16.8. The molecule has 8 heteroatoms. The molecule has 1 fully saturated rings. The highest BCUT2D eigenvalue weighted by atomic mass is 32.2. The SMILES string of the molecule is Cc1oc(-c2ccccc2)nc1CCOC(c1cncc2ccccc12)C1NC(=O)SC1=O. The van der Waals surface area contributed by atoms with Gasteiger partial charge in [-0.05, 0) is 24.4 Å². The van der Waals surface area contributed by atoms with Crippen LogP contribution in [0.2, 0.25) is 0 Å². The lowest BCUT2D eigenvalue weighted by Crippen LogP contribution is -2.37. The van der Waals surface area contributed by atoms with E-state index in [0.717, 1.165) is 33.4 Å². The Kier molecular flexibility index (Phi) is 5.93. The van der Waals surface area contributed by atoms with Crippen molar-refractivity contribution in [3.05, 3.63) is 84.0 Å². The van der Waals surface area contributed by atoms with Crippen LogP contribution in [0.3, 0.4) is 0 Å². The maximum atomic E-state index is 12.5. The van der Waals surface area contributed by atoms with Crippen molar-refractivity contribution < 1.29 is 18.7 Å². The van der Waals surface area contributed by atoms with Crippen LogP contribution in [0, 0.1) is 6.92 Å². The second-order valence-corrected chi connectivity index (χ2v) is 8.69. The molecule has 1 aliphatic rings. The zero-order chi connectivity index (χ0) is 22.8. The van der Waals surface area contributed by atoms with Crippen molar-refractivity contribution in [1.82, 2.24) is 15.3 Å². The first-order valence-corrected chi connectivity index (χ1v) is 11.4. The molecule has 2 aromatic heterocycles. The lowest BCUT2D eigenvalue weighted by molar-refractivity contribution is -0.115. The summed E-state index contributed by atoms with van der Waals surface area (Å²) in [6, 6.07) is 16.7. The van der Waals surface area contributed by atoms with E-state index in [4.69, 9.17) is 9.15 Å². The van der Waals surface area contributed by atoms with Crippen molar-refractivity contribution >= 4 is 32.9 Å². The van der Waals surface area contributed by atoms with Gasteiger partial charge in [0.1, 0.15) is 17.9 Å². The van der Waals surface area contributed by atoms with Crippen LogP contribution in [0.5, 0.6) is 0 Å². The molecule has 166 valence electrons. The molecule has 5 rings (SSSR count). The molecule has 0 aliphatic carbocycles. The number of nitrogens with zero attached hydrogens (tertiary/aromatic N) is 2. The van der Waals surface area contributed by atoms with Gasteiger partial charge in [-0.15, -0.1) is 0 Å². The summed E-state index contributed by atoms with van der Waals surface area (Å²) in [6.45, 7) is 2.16. The molecule has 33 heavy (non-hydrogen) atoms. The standard InChI is InChI=1S/C25H21N3O4S/c1-15-20(27-23(32-15)16-7-3-2-4-8-16)11-12-31-22(21-24(29)33-25(30)28-21)19-14-26-13-17-9-5-6-10-18(17)19/h2-10,13-14,21-22H,11-12H2,1H3,(H,28,30). The fourth-order valence-corrected chi connectivity index (χ4v) is 4.63. The Morgan fingerprint density at radius 2 is 1.88 bits per heavy atom. The first-order valence-electron chi connectivity index (χ1n) is 10.6. The minimum absolute atomic E-state index is 0.262. The molecule has 4 aromatic rings. The summed E-state index contributed by atoms with van der Waals surface area (Å²) in [7, 11) is 0. The van der Waals surface area contributed by atoms with E-state index in [0.29, 0.717) is 30.7 Å². The Hall–Kier alpha value is -3.49. The number of pyridine rings is 1. The minimum atomic E-state index is -0.784. The Morgan fingerprint density at radius 3 is 2.67 bits per heavy atom. The molecule has 0 spiro atoms. The van der Waals surface area contributed by atoms with E-state index in [2.05, 4.69) is 15.3 Å². The molecular formula is C25H21N3O4S. The van der Waals surface area contributed by atoms with E-state index in [1.807, 2.05) is 61.5 Å². The molecule has 1 aliphatic heterocycles. The van der Waals surface area contributed by atoms with Crippen molar-refractivity contribution in [2.24, 2.45) is 0 Å². The van der Waals surface area contributed by atoms with Gasteiger partial charge in [0, 0.05) is 47.1 Å². The van der Waals surface area contributed by atoms with Gasteiger partial charge in [0.05, 0.1) is 12.3 Å². The van der Waals surface area contributed by atoms with Gasteiger partial charge in [0.2, 0.25) is 11.0 Å². The van der Waals surface area contributed by atoms with Crippen LogP contribution in [0.15, 0.2) is 71.4 Å². The highest BCUT2D eigenvalue weighted by Gasteiger charge is 2.39. The summed E-state index contributed by atoms with van der Waals surface area (Å²) < 4.78 is 12.1. The van der Waals surface area contributed by atoms with Gasteiger partial charge >= 0.3 is 0 Å². The molecule has 1 saturated heterocycles. The molecule has 0 radical (unpaired) electrons. The van der Waals surface area contributed by atoms with Crippen molar-refractivity contribution in [2.75, 3.05) is 6.61 Å². The van der Waals surface area contributed by atoms with Crippen molar-refractivity contribution in [1.29, 1.82) is 0 Å². The third-order valence-corrected chi connectivity index (χ3v) is 6.34. The van der Waals surface area contributed by atoms with E-state index >= 15 is 0 Å². The molecule has 2 atom stereocenters. The monoisotopic (exact) mass is 459 g/mol. The Bertz CT molecular complexity index is 1320. The summed E-state index contributed by atoms with van der Waals surface area (Å²) in [5.41, 5.74) is 2.46. The van der Waals surface area contributed by atoms with E-state index < -0.39 is 12.1 Å². The van der Waals surface area contributed by atoms with Gasteiger partial charge in [-0.3, -0.25) is 14.6 Å². The quantitative estimate of drug-likeness (QED) is 0.422. The highest BCUT2D eigenvalue weighted by molar-refractivity contribution is 8.26. The molecule has 3 heterocycles. The third-order valence-electron chi connectivity index (χ3n) is 5.58. The van der Waals surface area contributed by atoms with E-state index in [1.54, 1.807) is 12.4 Å². The van der Waals surface area contributed by atoms with E-state index in [9.17, 15) is 9.59 Å². The van der Waals surface area contributed by atoms with E-state index in [1.165, 1.54) is 0 Å². The van der Waals surface area contributed by atoms with Crippen LogP contribution >= 0.6 is 11.8 Å². The van der Waals surface area contributed by atoms with Gasteiger partial charge in [0.15, 0.2) is 0 Å². The number of rotatable bonds is 7. The predicted octanol–water partition coefficient (Wildman–Crippen LogP) is 4.85. The second kappa shape index (κ2) is 9.17. The average molecular weight is 460 g/mol. The van der Waals surface area contributed by atoms with Gasteiger partial charge < -0.3 is 14.5 Å². The van der Waals surface area contributed by atoms with Crippen LogP contribution in [-0.4, -0.2) is 33.0 Å². The maximum Gasteiger partial charge on any atom is 0.287 e. The first-order chi connectivity index (χ1) is 16.1. The Morgan fingerprint density at radius 1 is 1.09 bits per heavy atom. The number of carbonyl (C=O) groups is 2. The average Bonchev–Trinajstić information content (AvgIpc) is 3.38. The van der Waals surface area contributed by atoms with Crippen LogP contribution < -0.4 is 5.32 Å². The molecule has 0 bridgehead atoms. The number of carbonyl (C=O) groups excluding carboxylic acids is 2. The fraction of sp³-hybridized carbons (Fsp3) is 0.200. The molecule has 0 saturated carbocycles. The topological polar surface area (TPSA) is 94.3 Å². The molecule has 2 aromatic carbocycles. The summed E-state index contributed by atoms with van der Waals surface area (Å²) in [5, 5.41) is 3.98. The molecular weight excluding hydrogens is 438 g/mol. The second-order valence-electron chi connectivity index (χ2n) is 7.71. The van der Waals surface area contributed by atoms with Gasteiger partial charge in [-0.1, -0.05) is 42.5 Å². The smallest absolute Gasteiger partial charge is 0.287 e. The zero-order valence-electron chi connectivity index (χ0n) is 17.9. The van der Waals surface area contributed by atoms with Crippen LogP contribution in [-0.2, 0) is 16.0 Å². The molecule has 7 nitrogen and oxygen atoms in total. The van der Waals surface area contributed by atoms with Crippen molar-refractivity contribution in [3.8, 4) is 11.5 Å². The summed E-state index contributed by atoms with van der Waals surface area (Å²) in [4.78, 5) is 33.4. The highest BCUT2D eigenvalue weighted by Crippen LogP contribution is 2.33. The summed E-state index contributed by atoms with van der Waals surface area (Å²) >= 11 is 0.673. The minimum Gasteiger partial charge on any atom is -0.441 e. The van der Waals surface area contributed by atoms with Gasteiger partial charge in [-0.2, -0.15) is 0 Å². The molecule has 1 N–H and O–H groups in total. The van der Waals surface area contributed by atoms with Gasteiger partial charge in [-0.25, -0.2) is 4.98 Å². The number of aromatic nitrogens is 2. The molecule has 2 unspecified atom stereocenters. The summed E-state index contributed by atoms with van der Waals surface area (Å²) in [5.74, 6) is 1.29. The number of amides is 1. The summed E-state index contributed by atoms with van der Waals surface area (Å²) in [6.07, 6.45) is 3.29. The number of fused-ring (bicyclic) bond motifs is 1. The fourth-order valence-electron chi connectivity index (χ4n) is 3.95. The Balaban J connectivity index is 1.39.